The fraction of sp³-hybridized carbons (Fsp3) is 0.655. The molecule has 3 heterocycles. The first kappa shape index (κ1) is 27.1. The Kier molecular flexibility index (Phi) is 6.85. The predicted octanol–water partition coefficient (Wildman–Crippen LogP) is 6.53. The maximum Gasteiger partial charge on any atom is 0.343 e. The largest absolute Gasteiger partial charge is 0.484 e. The fourth-order valence-electron chi connectivity index (χ4n) is 5.77. The zero-order chi connectivity index (χ0) is 26.7. The third kappa shape index (κ3) is 4.59. The zero-order valence-electron chi connectivity index (χ0n) is 23.3. The normalized spacial score (nSPS) is 30.1. The van der Waals surface area contributed by atoms with Crippen molar-refractivity contribution in [1.29, 1.82) is 0 Å². The first-order chi connectivity index (χ1) is 16.6. The van der Waals surface area contributed by atoms with Gasteiger partial charge < -0.3 is 18.7 Å². The lowest BCUT2D eigenvalue weighted by Gasteiger charge is -2.57. The minimum absolute atomic E-state index is 0.00341. The first-order valence-corrected chi connectivity index (χ1v) is 16.2. The average molecular weight is 514 g/mol. The van der Waals surface area contributed by atoms with Crippen LogP contribution in [-0.2, 0) is 4.43 Å². The number of fused-ring (bicyclic) bond motifs is 2. The number of rotatable bonds is 5. The van der Waals surface area contributed by atoms with E-state index in [4.69, 9.17) is 13.6 Å². The minimum Gasteiger partial charge on any atom is -0.484 e. The van der Waals surface area contributed by atoms with Crippen molar-refractivity contribution >= 4 is 8.32 Å². The Bertz CT molecular complexity index is 1150. The molecule has 2 aliphatic rings. The van der Waals surface area contributed by atoms with Crippen molar-refractivity contribution in [3.8, 4) is 17.1 Å². The lowest BCUT2D eigenvalue weighted by Crippen LogP contribution is -2.64. The van der Waals surface area contributed by atoms with E-state index < -0.39 is 19.5 Å². The summed E-state index contributed by atoms with van der Waals surface area (Å²) in [5.41, 5.74) is -0.508. The Labute approximate surface area is 216 Å². The molecule has 1 fully saturated rings. The number of hydrogen-bond donors (Lipinski definition) is 1. The van der Waals surface area contributed by atoms with Crippen LogP contribution in [0.1, 0.15) is 79.2 Å². The van der Waals surface area contributed by atoms with E-state index in [-0.39, 0.29) is 34.5 Å². The average Bonchev–Trinajstić information content (AvgIpc) is 2.79. The molecule has 198 valence electrons. The molecule has 0 unspecified atom stereocenters. The van der Waals surface area contributed by atoms with Gasteiger partial charge >= 0.3 is 5.63 Å². The summed E-state index contributed by atoms with van der Waals surface area (Å²) in [4.78, 5) is 17.5. The van der Waals surface area contributed by atoms with Crippen molar-refractivity contribution < 1.29 is 18.7 Å². The molecule has 0 saturated heterocycles. The van der Waals surface area contributed by atoms with Gasteiger partial charge in [-0.05, 0) is 75.2 Å². The highest BCUT2D eigenvalue weighted by molar-refractivity contribution is 6.74. The van der Waals surface area contributed by atoms with Crippen molar-refractivity contribution in [3.05, 3.63) is 46.6 Å². The second-order valence-electron chi connectivity index (χ2n) is 12.8. The summed E-state index contributed by atoms with van der Waals surface area (Å²) in [6.45, 7) is 19.5. The van der Waals surface area contributed by atoms with Crippen LogP contribution in [0.4, 0.5) is 0 Å². The van der Waals surface area contributed by atoms with Gasteiger partial charge in [0.2, 0.25) is 0 Å². The van der Waals surface area contributed by atoms with Gasteiger partial charge in [-0.3, -0.25) is 4.98 Å². The first-order valence-electron chi connectivity index (χ1n) is 13.3. The lowest BCUT2D eigenvalue weighted by molar-refractivity contribution is -0.156. The van der Waals surface area contributed by atoms with E-state index in [0.717, 1.165) is 18.4 Å². The Hall–Kier alpha value is -1.96. The number of aliphatic hydroxyl groups is 1. The Morgan fingerprint density at radius 1 is 1.25 bits per heavy atom. The van der Waals surface area contributed by atoms with Crippen LogP contribution in [0.15, 0.2) is 39.8 Å². The van der Waals surface area contributed by atoms with Crippen LogP contribution in [0.25, 0.3) is 11.3 Å². The van der Waals surface area contributed by atoms with E-state index in [2.05, 4.69) is 52.7 Å². The molecular formula is C29H43NO5Si. The van der Waals surface area contributed by atoms with Gasteiger partial charge in [0.25, 0.3) is 0 Å². The molecule has 0 radical (unpaired) electrons. The highest BCUT2D eigenvalue weighted by Gasteiger charge is 2.59. The van der Waals surface area contributed by atoms with Gasteiger partial charge in [0.1, 0.15) is 17.1 Å². The van der Waals surface area contributed by atoms with Crippen LogP contribution in [-0.4, -0.2) is 35.7 Å². The van der Waals surface area contributed by atoms with E-state index >= 15 is 0 Å². The predicted molar refractivity (Wildman–Crippen MR) is 145 cm³/mol. The molecule has 2 aromatic heterocycles. The molecule has 1 aliphatic carbocycles. The maximum absolute atomic E-state index is 13.3. The molecule has 1 N–H and O–H groups in total. The van der Waals surface area contributed by atoms with Crippen LogP contribution >= 0.6 is 0 Å². The van der Waals surface area contributed by atoms with E-state index in [1.165, 1.54) is 0 Å². The molecule has 4 rings (SSSR count). The Morgan fingerprint density at radius 2 is 1.94 bits per heavy atom. The number of hydrogen-bond acceptors (Lipinski definition) is 6. The van der Waals surface area contributed by atoms with Crippen LogP contribution in [0.5, 0.6) is 5.75 Å². The molecule has 6 nitrogen and oxygen atoms in total. The van der Waals surface area contributed by atoms with Gasteiger partial charge in [-0.2, -0.15) is 0 Å². The van der Waals surface area contributed by atoms with Crippen LogP contribution in [0, 0.1) is 11.8 Å². The van der Waals surface area contributed by atoms with Crippen LogP contribution < -0.4 is 10.4 Å². The van der Waals surface area contributed by atoms with Crippen molar-refractivity contribution in [2.75, 3.05) is 0 Å². The summed E-state index contributed by atoms with van der Waals surface area (Å²) in [6.07, 6.45) is 5.32. The standard InChI is InChI=1S/C29H43NO5Si/c1-10-28(6,32)20-14-21-18(2)25-23(16-22(33-26(25)31)19-12-11-13-30-17-19)34-29(21,7)24(15-20)35-36(8,9)27(3,4)5/h11-13,16-18,20-21,24,32H,10,14-15H2,1-9H3/t18-,20+,21+,24+,28-,29+/m0/s1. The second-order valence-corrected chi connectivity index (χ2v) is 17.6. The molecule has 1 saturated carbocycles. The molecule has 0 spiro atoms. The molecule has 1 aliphatic heterocycles. The van der Waals surface area contributed by atoms with Gasteiger partial charge in [0, 0.05) is 29.9 Å². The highest BCUT2D eigenvalue weighted by atomic mass is 28.4. The SMILES string of the molecule is CC[C@](C)(O)[C@@H]1C[C@@H]2[C@H](C)c3c(cc(-c4cccnc4)oc3=O)O[C@@]2(C)[C@H](O[Si](C)(C)C(C)(C)C)C1. The molecular weight excluding hydrogens is 470 g/mol. The van der Waals surface area contributed by atoms with Crippen LogP contribution in [0.3, 0.4) is 0 Å². The van der Waals surface area contributed by atoms with Gasteiger partial charge in [-0.15, -0.1) is 0 Å². The van der Waals surface area contributed by atoms with Crippen molar-refractivity contribution in [3.63, 3.8) is 0 Å². The zero-order valence-corrected chi connectivity index (χ0v) is 24.3. The summed E-state index contributed by atoms with van der Waals surface area (Å²) in [6, 6.07) is 5.53. The van der Waals surface area contributed by atoms with E-state index in [0.29, 0.717) is 23.5 Å². The number of pyridine rings is 1. The number of aromatic nitrogens is 1. The smallest absolute Gasteiger partial charge is 0.343 e. The quantitative estimate of drug-likeness (QED) is 0.458. The third-order valence-corrected chi connectivity index (χ3v) is 14.0. The maximum atomic E-state index is 13.3. The second kappa shape index (κ2) is 9.10. The van der Waals surface area contributed by atoms with Gasteiger partial charge in [-0.25, -0.2) is 4.79 Å². The van der Waals surface area contributed by atoms with E-state index in [9.17, 15) is 9.90 Å². The van der Waals surface area contributed by atoms with Gasteiger partial charge in [-0.1, -0.05) is 34.6 Å². The molecule has 0 bridgehead atoms. The van der Waals surface area contributed by atoms with Gasteiger partial charge in [0.05, 0.1) is 17.3 Å². The summed E-state index contributed by atoms with van der Waals surface area (Å²) in [7, 11) is -2.15. The third-order valence-electron chi connectivity index (χ3n) is 9.54. The molecule has 0 amide bonds. The summed E-state index contributed by atoms with van der Waals surface area (Å²) in [5, 5.41) is 11.4. The lowest BCUT2D eigenvalue weighted by atomic mass is 9.60. The molecule has 7 heteroatoms. The summed E-state index contributed by atoms with van der Waals surface area (Å²) >= 11 is 0. The molecule has 6 atom stereocenters. The van der Waals surface area contributed by atoms with E-state index in [1.807, 2.05) is 32.0 Å². The van der Waals surface area contributed by atoms with Crippen molar-refractivity contribution in [2.45, 2.75) is 109 Å². The number of ether oxygens (including phenoxy) is 1. The fourth-order valence-corrected chi connectivity index (χ4v) is 7.16. The minimum atomic E-state index is -2.15. The molecule has 36 heavy (non-hydrogen) atoms. The Morgan fingerprint density at radius 3 is 2.53 bits per heavy atom. The molecule has 2 aromatic rings. The summed E-state index contributed by atoms with van der Waals surface area (Å²) < 4.78 is 19.7. The Balaban J connectivity index is 1.82. The molecule has 0 aromatic carbocycles. The van der Waals surface area contributed by atoms with Crippen molar-refractivity contribution in [1.82, 2.24) is 4.98 Å². The van der Waals surface area contributed by atoms with E-state index in [1.54, 1.807) is 12.4 Å². The van der Waals surface area contributed by atoms with Crippen LogP contribution in [0.2, 0.25) is 18.1 Å². The summed E-state index contributed by atoms with van der Waals surface area (Å²) in [5.74, 6) is 0.971. The van der Waals surface area contributed by atoms with Gasteiger partial charge in [0.15, 0.2) is 8.32 Å². The monoisotopic (exact) mass is 513 g/mol. The van der Waals surface area contributed by atoms with Crippen molar-refractivity contribution in [2.24, 2.45) is 11.8 Å². The topological polar surface area (TPSA) is 81.8 Å². The highest BCUT2D eigenvalue weighted by Crippen LogP contribution is 2.55. The number of nitrogens with zero attached hydrogens (tertiary/aromatic N) is 1.